The maximum Gasteiger partial charge on any atom is 0.190 e. The van der Waals surface area contributed by atoms with E-state index in [2.05, 4.69) is 13.2 Å². The average molecular weight is 284 g/mol. The molecule has 0 N–H and O–H groups in total. The van der Waals surface area contributed by atoms with E-state index < -0.39 is 5.79 Å². The minimum absolute atomic E-state index is 0.0918. The lowest BCUT2D eigenvalue weighted by Gasteiger charge is -2.25. The first kappa shape index (κ1) is 15.7. The Bertz CT molecular complexity index is 341. The maximum atomic E-state index is 5.90. The smallest absolute Gasteiger partial charge is 0.190 e. The molecule has 114 valence electrons. The van der Waals surface area contributed by atoms with E-state index in [9.17, 15) is 0 Å². The highest BCUT2D eigenvalue weighted by molar-refractivity contribution is 4.94. The van der Waals surface area contributed by atoms with Crippen LogP contribution in [0, 0.1) is 0 Å². The third-order valence-electron chi connectivity index (χ3n) is 3.28. The average Bonchev–Trinajstić information content (AvgIpc) is 2.84. The first-order valence-corrected chi connectivity index (χ1v) is 6.99. The third-order valence-corrected chi connectivity index (χ3v) is 3.28. The van der Waals surface area contributed by atoms with Gasteiger partial charge in [-0.05, 0) is 20.3 Å². The Morgan fingerprint density at radius 3 is 2.60 bits per heavy atom. The first-order valence-electron chi connectivity index (χ1n) is 6.99. The lowest BCUT2D eigenvalue weighted by molar-refractivity contribution is -0.219. The van der Waals surface area contributed by atoms with Crippen LogP contribution in [0.2, 0.25) is 0 Å². The van der Waals surface area contributed by atoms with E-state index in [1.807, 2.05) is 13.8 Å². The second-order valence-electron chi connectivity index (χ2n) is 5.38. The minimum Gasteiger partial charge on any atom is -0.377 e. The van der Waals surface area contributed by atoms with Crippen LogP contribution in [0.5, 0.6) is 0 Å². The van der Waals surface area contributed by atoms with Crippen molar-refractivity contribution in [2.24, 2.45) is 0 Å². The van der Waals surface area contributed by atoms with E-state index >= 15 is 0 Å². The summed E-state index contributed by atoms with van der Waals surface area (Å²) in [6.07, 6.45) is 3.36. The quantitative estimate of drug-likeness (QED) is 0.504. The van der Waals surface area contributed by atoms with Crippen LogP contribution in [0.15, 0.2) is 25.3 Å². The molecule has 0 unspecified atom stereocenters. The SMILES string of the molecule is C=CCOCC[C@H]1O[C@@H]2OC(C)(C)O[C@@H]2[C@@H]1OCC=C. The zero-order valence-electron chi connectivity index (χ0n) is 12.2. The molecular weight excluding hydrogens is 260 g/mol. The molecule has 2 aliphatic rings. The van der Waals surface area contributed by atoms with Crippen molar-refractivity contribution in [3.8, 4) is 0 Å². The van der Waals surface area contributed by atoms with Crippen molar-refractivity contribution in [3.63, 3.8) is 0 Å². The summed E-state index contributed by atoms with van der Waals surface area (Å²) in [4.78, 5) is 0. The van der Waals surface area contributed by atoms with E-state index in [1.54, 1.807) is 12.2 Å². The predicted octanol–water partition coefficient (Wildman–Crippen LogP) is 2.03. The highest BCUT2D eigenvalue weighted by Gasteiger charge is 2.55. The van der Waals surface area contributed by atoms with Gasteiger partial charge in [0.2, 0.25) is 0 Å². The molecule has 2 heterocycles. The molecule has 2 fully saturated rings. The molecule has 0 amide bonds. The van der Waals surface area contributed by atoms with Crippen LogP contribution in [-0.2, 0) is 23.7 Å². The Balaban J connectivity index is 1.91. The summed E-state index contributed by atoms with van der Waals surface area (Å²) in [6, 6.07) is 0. The summed E-state index contributed by atoms with van der Waals surface area (Å²) in [6.45, 7) is 12.6. The van der Waals surface area contributed by atoms with Crippen LogP contribution in [0.25, 0.3) is 0 Å². The number of ether oxygens (including phenoxy) is 5. The molecule has 0 saturated carbocycles. The van der Waals surface area contributed by atoms with Gasteiger partial charge in [0.25, 0.3) is 0 Å². The summed E-state index contributed by atoms with van der Waals surface area (Å²) in [5.74, 6) is -0.630. The van der Waals surface area contributed by atoms with Crippen LogP contribution in [0.3, 0.4) is 0 Å². The van der Waals surface area contributed by atoms with Crippen LogP contribution < -0.4 is 0 Å². The van der Waals surface area contributed by atoms with Gasteiger partial charge in [-0.2, -0.15) is 0 Å². The van der Waals surface area contributed by atoms with Crippen molar-refractivity contribution < 1.29 is 23.7 Å². The number of rotatable bonds is 8. The Labute approximate surface area is 120 Å². The lowest BCUT2D eigenvalue weighted by Crippen LogP contribution is -2.37. The van der Waals surface area contributed by atoms with Crippen molar-refractivity contribution in [2.45, 2.75) is 50.7 Å². The van der Waals surface area contributed by atoms with Gasteiger partial charge >= 0.3 is 0 Å². The molecule has 0 aromatic rings. The van der Waals surface area contributed by atoms with E-state index in [0.29, 0.717) is 19.8 Å². The molecule has 0 aromatic heterocycles. The summed E-state index contributed by atoms with van der Waals surface area (Å²) in [5.41, 5.74) is 0. The normalized spacial score (nSPS) is 34.9. The Hall–Kier alpha value is -0.720. The number of hydrogen-bond donors (Lipinski definition) is 0. The molecule has 5 heteroatoms. The molecule has 0 spiro atoms. The molecule has 0 aliphatic carbocycles. The molecular formula is C15H24O5. The first-order chi connectivity index (χ1) is 9.57. The fraction of sp³-hybridized carbons (Fsp3) is 0.733. The van der Waals surface area contributed by atoms with Crippen molar-refractivity contribution in [2.75, 3.05) is 19.8 Å². The Kier molecular flexibility index (Phi) is 5.35. The largest absolute Gasteiger partial charge is 0.377 e. The summed E-state index contributed by atoms with van der Waals surface area (Å²) >= 11 is 0. The number of hydrogen-bond acceptors (Lipinski definition) is 5. The molecule has 4 atom stereocenters. The van der Waals surface area contributed by atoms with E-state index in [0.717, 1.165) is 6.42 Å². The second-order valence-corrected chi connectivity index (χ2v) is 5.38. The molecule has 2 aliphatic heterocycles. The molecule has 0 radical (unpaired) electrons. The Morgan fingerprint density at radius 2 is 1.90 bits per heavy atom. The van der Waals surface area contributed by atoms with Crippen molar-refractivity contribution in [3.05, 3.63) is 25.3 Å². The van der Waals surface area contributed by atoms with Crippen molar-refractivity contribution in [1.29, 1.82) is 0 Å². The third kappa shape index (κ3) is 3.68. The van der Waals surface area contributed by atoms with Crippen LogP contribution in [0.4, 0.5) is 0 Å². The maximum absolute atomic E-state index is 5.90. The molecule has 0 bridgehead atoms. The van der Waals surface area contributed by atoms with Crippen LogP contribution >= 0.6 is 0 Å². The zero-order valence-corrected chi connectivity index (χ0v) is 12.2. The van der Waals surface area contributed by atoms with Gasteiger partial charge in [-0.1, -0.05) is 12.2 Å². The molecule has 2 rings (SSSR count). The van der Waals surface area contributed by atoms with Gasteiger partial charge in [-0.15, -0.1) is 13.2 Å². The standard InChI is InChI=1S/C15H24O5/c1-5-8-16-10-7-11-12(17-9-6-2)13-14(18-11)20-15(3,4)19-13/h5-6,11-14H,1-2,7-10H2,3-4H3/t11-,12-,13-,14-/m1/s1. The molecule has 5 nitrogen and oxygen atoms in total. The highest BCUT2D eigenvalue weighted by atomic mass is 16.8. The van der Waals surface area contributed by atoms with Gasteiger partial charge in [-0.3, -0.25) is 0 Å². The highest BCUT2D eigenvalue weighted by Crippen LogP contribution is 2.39. The fourth-order valence-electron chi connectivity index (χ4n) is 2.53. The zero-order chi connectivity index (χ0) is 14.6. The summed E-state index contributed by atoms with van der Waals surface area (Å²) in [7, 11) is 0. The molecule has 0 aromatic carbocycles. The lowest BCUT2D eigenvalue weighted by atomic mass is 10.1. The van der Waals surface area contributed by atoms with Crippen molar-refractivity contribution in [1.82, 2.24) is 0 Å². The van der Waals surface area contributed by atoms with Gasteiger partial charge in [0, 0.05) is 6.61 Å². The summed E-state index contributed by atoms with van der Waals surface area (Å²) in [5, 5.41) is 0. The van der Waals surface area contributed by atoms with Crippen LogP contribution in [0.1, 0.15) is 20.3 Å². The van der Waals surface area contributed by atoms with Gasteiger partial charge < -0.3 is 23.7 Å². The minimum atomic E-state index is -0.630. The predicted molar refractivity (Wildman–Crippen MR) is 74.3 cm³/mol. The van der Waals surface area contributed by atoms with Gasteiger partial charge in [-0.25, -0.2) is 0 Å². The Morgan fingerprint density at radius 1 is 1.15 bits per heavy atom. The van der Waals surface area contributed by atoms with Gasteiger partial charge in [0.1, 0.15) is 12.2 Å². The summed E-state index contributed by atoms with van der Waals surface area (Å²) < 4.78 is 28.7. The van der Waals surface area contributed by atoms with E-state index in [1.165, 1.54) is 0 Å². The van der Waals surface area contributed by atoms with Crippen LogP contribution in [-0.4, -0.2) is 50.2 Å². The van der Waals surface area contributed by atoms with Gasteiger partial charge in [0.15, 0.2) is 12.1 Å². The van der Waals surface area contributed by atoms with Gasteiger partial charge in [0.05, 0.1) is 19.3 Å². The van der Waals surface area contributed by atoms with E-state index in [4.69, 9.17) is 23.7 Å². The molecule has 2 saturated heterocycles. The monoisotopic (exact) mass is 284 g/mol. The second kappa shape index (κ2) is 6.83. The van der Waals surface area contributed by atoms with E-state index in [-0.39, 0.29) is 24.6 Å². The fourth-order valence-corrected chi connectivity index (χ4v) is 2.53. The topological polar surface area (TPSA) is 46.2 Å². The van der Waals surface area contributed by atoms with Crippen molar-refractivity contribution >= 4 is 0 Å². The number of fused-ring (bicyclic) bond motifs is 1. The molecule has 20 heavy (non-hydrogen) atoms.